The molecule has 0 bridgehead atoms. The van der Waals surface area contributed by atoms with Gasteiger partial charge in [-0.05, 0) is 52.2 Å². The van der Waals surface area contributed by atoms with Gasteiger partial charge in [0, 0.05) is 17.2 Å². The zero-order chi connectivity index (χ0) is 24.3. The van der Waals surface area contributed by atoms with E-state index in [2.05, 4.69) is 6.08 Å². The van der Waals surface area contributed by atoms with Crippen LogP contribution in [-0.2, 0) is 6.42 Å². The number of carbonyl (C=O) groups is 1. The summed E-state index contributed by atoms with van der Waals surface area (Å²) in [6.07, 6.45) is 5.28. The van der Waals surface area contributed by atoms with E-state index in [1.165, 1.54) is 30.9 Å². The molecule has 2 aromatic carbocycles. The second-order valence-corrected chi connectivity index (χ2v) is 8.50. The van der Waals surface area contributed by atoms with Gasteiger partial charge in [-0.3, -0.25) is 4.79 Å². The maximum Gasteiger partial charge on any atom is 0.200 e. The van der Waals surface area contributed by atoms with Crippen molar-refractivity contribution in [2.45, 2.75) is 52.6 Å². The van der Waals surface area contributed by atoms with Gasteiger partial charge in [0.25, 0.3) is 0 Å². The molecule has 0 saturated carbocycles. The van der Waals surface area contributed by atoms with Crippen LogP contribution in [0, 0.1) is 0 Å². The van der Waals surface area contributed by atoms with Crippen LogP contribution in [0.3, 0.4) is 0 Å². The number of aromatic hydroxyl groups is 4. The highest BCUT2D eigenvalue weighted by atomic mass is 16.5. The summed E-state index contributed by atoms with van der Waals surface area (Å²) in [5, 5.41) is 41.1. The number of phenolic OH excluding ortho intramolecular Hbond substituents is 4. The minimum atomic E-state index is -0.785. The number of hydrogen-bond donors (Lipinski definition) is 4. The third-order valence-electron chi connectivity index (χ3n) is 5.68. The van der Waals surface area contributed by atoms with Crippen LogP contribution in [0.4, 0.5) is 0 Å². The van der Waals surface area contributed by atoms with Crippen LogP contribution in [0.15, 0.2) is 41.5 Å². The van der Waals surface area contributed by atoms with Crippen LogP contribution in [0.2, 0.25) is 0 Å². The lowest BCUT2D eigenvalue weighted by molar-refractivity contribution is 0.0843. The average Bonchev–Trinajstić information content (AvgIpc) is 2.74. The predicted octanol–water partition coefficient (Wildman–Crippen LogP) is 5.46. The summed E-state index contributed by atoms with van der Waals surface area (Å²) in [6, 6.07) is 4.09. The molecule has 2 aromatic rings. The first kappa shape index (κ1) is 24.0. The Labute approximate surface area is 193 Å². The van der Waals surface area contributed by atoms with Crippen LogP contribution < -0.4 is 9.47 Å². The molecule has 7 nitrogen and oxygen atoms in total. The van der Waals surface area contributed by atoms with Gasteiger partial charge in [0.15, 0.2) is 17.3 Å². The van der Waals surface area contributed by atoms with Gasteiger partial charge in [-0.15, -0.1) is 0 Å². The van der Waals surface area contributed by atoms with E-state index in [-0.39, 0.29) is 52.7 Å². The molecule has 33 heavy (non-hydrogen) atoms. The van der Waals surface area contributed by atoms with Crippen molar-refractivity contribution < 1.29 is 34.7 Å². The Morgan fingerprint density at radius 1 is 1.06 bits per heavy atom. The Morgan fingerprint density at radius 2 is 1.79 bits per heavy atom. The van der Waals surface area contributed by atoms with E-state index < -0.39 is 17.6 Å². The third-order valence-corrected chi connectivity index (χ3v) is 5.68. The summed E-state index contributed by atoms with van der Waals surface area (Å²) in [4.78, 5) is 12.9. The van der Waals surface area contributed by atoms with Crippen LogP contribution in [0.5, 0.6) is 34.5 Å². The van der Waals surface area contributed by atoms with Crippen molar-refractivity contribution in [3.63, 3.8) is 0 Å². The van der Waals surface area contributed by atoms with Gasteiger partial charge >= 0.3 is 0 Å². The van der Waals surface area contributed by atoms with Gasteiger partial charge in [0.1, 0.15) is 28.9 Å². The van der Waals surface area contributed by atoms with E-state index in [9.17, 15) is 25.2 Å². The van der Waals surface area contributed by atoms with E-state index in [0.29, 0.717) is 5.56 Å². The Balaban J connectivity index is 1.87. The molecule has 7 heteroatoms. The van der Waals surface area contributed by atoms with E-state index in [1.54, 1.807) is 0 Å². The summed E-state index contributed by atoms with van der Waals surface area (Å²) < 4.78 is 10.9. The summed E-state index contributed by atoms with van der Waals surface area (Å²) in [7, 11) is 1.34. The lowest BCUT2D eigenvalue weighted by atomic mass is 9.92. The van der Waals surface area contributed by atoms with Gasteiger partial charge < -0.3 is 29.9 Å². The van der Waals surface area contributed by atoms with Crippen LogP contribution in [-0.4, -0.2) is 33.3 Å². The smallest absolute Gasteiger partial charge is 0.200 e. The molecule has 0 aromatic heterocycles. The minimum Gasteiger partial charge on any atom is -0.507 e. The number of allylic oxidation sites excluding steroid dienone is 4. The number of carbonyl (C=O) groups excluding carboxylic acids is 1. The molecule has 1 aliphatic rings. The standard InChI is InChI=1S/C26H30O7/c1-14(2)6-5-7-15(3)8-9-17-18(27)12-22-24(25(17)30)19(28)13-21(33-22)16-10-20(29)26(31)23(11-16)32-4/h6,8,10-12,21,27,29-31H,5,7,9,13H2,1-4H3/b15-8+. The fourth-order valence-corrected chi connectivity index (χ4v) is 3.81. The first-order valence-corrected chi connectivity index (χ1v) is 10.8. The molecule has 0 saturated heterocycles. The number of methoxy groups -OCH3 is 1. The molecular formula is C26H30O7. The molecule has 0 aliphatic carbocycles. The van der Waals surface area contributed by atoms with Gasteiger partial charge in [0.2, 0.25) is 5.75 Å². The number of phenols is 4. The maximum absolute atomic E-state index is 12.9. The van der Waals surface area contributed by atoms with Crippen molar-refractivity contribution in [3.8, 4) is 34.5 Å². The molecule has 0 radical (unpaired) electrons. The highest BCUT2D eigenvalue weighted by Gasteiger charge is 2.33. The lowest BCUT2D eigenvalue weighted by Gasteiger charge is -2.27. The van der Waals surface area contributed by atoms with Gasteiger partial charge in [-0.25, -0.2) is 0 Å². The first-order chi connectivity index (χ1) is 15.6. The van der Waals surface area contributed by atoms with Crippen LogP contribution in [0.25, 0.3) is 0 Å². The molecular weight excluding hydrogens is 424 g/mol. The Bertz CT molecular complexity index is 1120. The summed E-state index contributed by atoms with van der Waals surface area (Å²) in [6.45, 7) is 6.09. The molecule has 176 valence electrons. The van der Waals surface area contributed by atoms with Crippen molar-refractivity contribution in [2.75, 3.05) is 7.11 Å². The third kappa shape index (κ3) is 5.25. The number of benzene rings is 2. The van der Waals surface area contributed by atoms with Gasteiger partial charge in [0.05, 0.1) is 13.5 Å². The van der Waals surface area contributed by atoms with E-state index in [1.807, 2.05) is 26.8 Å². The first-order valence-electron chi connectivity index (χ1n) is 10.8. The number of Topliss-reactive ketones (excluding diaryl/α,β-unsaturated/α-hetero) is 1. The number of ether oxygens (including phenoxy) is 2. The monoisotopic (exact) mass is 454 g/mol. The Morgan fingerprint density at radius 3 is 2.45 bits per heavy atom. The fourth-order valence-electron chi connectivity index (χ4n) is 3.81. The SMILES string of the molecule is COc1cc(C2CC(=O)c3c(cc(O)c(C/C=C(\C)CCC=C(C)C)c3O)O2)cc(O)c1O. The number of fused-ring (bicyclic) bond motifs is 1. The molecule has 0 fully saturated rings. The van der Waals surface area contributed by atoms with Crippen molar-refractivity contribution in [3.05, 3.63) is 58.2 Å². The number of hydrogen-bond acceptors (Lipinski definition) is 7. The molecule has 4 N–H and O–H groups in total. The topological polar surface area (TPSA) is 116 Å². The highest BCUT2D eigenvalue weighted by Crippen LogP contribution is 2.46. The highest BCUT2D eigenvalue weighted by molar-refractivity contribution is 6.03. The molecule has 1 atom stereocenters. The quantitative estimate of drug-likeness (QED) is 0.324. The molecule has 3 rings (SSSR count). The van der Waals surface area contributed by atoms with Crippen LogP contribution in [0.1, 0.15) is 67.6 Å². The van der Waals surface area contributed by atoms with Crippen molar-refractivity contribution in [2.24, 2.45) is 0 Å². The van der Waals surface area contributed by atoms with E-state index in [4.69, 9.17) is 9.47 Å². The Kier molecular flexibility index (Phi) is 7.21. The second-order valence-electron chi connectivity index (χ2n) is 8.50. The second kappa shape index (κ2) is 9.90. The molecule has 0 spiro atoms. The van der Waals surface area contributed by atoms with E-state index in [0.717, 1.165) is 18.4 Å². The minimum absolute atomic E-state index is 0.0320. The molecule has 1 unspecified atom stereocenters. The molecule has 0 amide bonds. The summed E-state index contributed by atoms with van der Waals surface area (Å²) in [5.41, 5.74) is 3.09. The molecule has 1 aliphatic heterocycles. The lowest BCUT2D eigenvalue weighted by Crippen LogP contribution is -2.21. The number of rotatable bonds is 7. The van der Waals surface area contributed by atoms with E-state index >= 15 is 0 Å². The maximum atomic E-state index is 12.9. The van der Waals surface area contributed by atoms with Crippen LogP contribution >= 0.6 is 0 Å². The summed E-state index contributed by atoms with van der Waals surface area (Å²) >= 11 is 0. The van der Waals surface area contributed by atoms with Crippen molar-refractivity contribution >= 4 is 5.78 Å². The molecule has 1 heterocycles. The zero-order valence-corrected chi connectivity index (χ0v) is 19.3. The predicted molar refractivity (Wildman–Crippen MR) is 125 cm³/mol. The summed E-state index contributed by atoms with van der Waals surface area (Å²) in [5.74, 6) is -1.51. The fraction of sp³-hybridized carbons (Fsp3) is 0.346. The number of ketones is 1. The van der Waals surface area contributed by atoms with Gasteiger partial charge in [-0.2, -0.15) is 0 Å². The normalized spacial score (nSPS) is 15.6. The van der Waals surface area contributed by atoms with Crippen molar-refractivity contribution in [1.82, 2.24) is 0 Å². The van der Waals surface area contributed by atoms with Gasteiger partial charge in [-0.1, -0.05) is 23.3 Å². The Hall–Kier alpha value is -3.61. The zero-order valence-electron chi connectivity index (χ0n) is 19.3. The largest absolute Gasteiger partial charge is 0.507 e. The van der Waals surface area contributed by atoms with Crippen molar-refractivity contribution in [1.29, 1.82) is 0 Å². The average molecular weight is 455 g/mol.